The van der Waals surface area contributed by atoms with Crippen molar-refractivity contribution in [1.82, 2.24) is 10.2 Å². The average molecular weight is 307 g/mol. The molecular formula is C18H30N2S. The molecule has 118 valence electrons. The highest BCUT2D eigenvalue weighted by Gasteiger charge is 2.24. The standard InChI is InChI=1S/C18H30N2S/c1-15-7-5-6-8-16(15)17(19-4)9-11-20-12-10-18(2,3)21-14-13-20/h5-8,17,19H,9-14H2,1-4H3. The molecule has 0 spiro atoms. The number of nitrogens with zero attached hydrogens (tertiary/aromatic N) is 1. The highest BCUT2D eigenvalue weighted by molar-refractivity contribution is 8.00. The Balaban J connectivity index is 1.90. The summed E-state index contributed by atoms with van der Waals surface area (Å²) in [6, 6.07) is 9.22. The molecule has 3 heteroatoms. The van der Waals surface area contributed by atoms with E-state index < -0.39 is 0 Å². The first kappa shape index (κ1) is 16.9. The summed E-state index contributed by atoms with van der Waals surface area (Å²) in [6.45, 7) is 10.6. The van der Waals surface area contributed by atoms with Gasteiger partial charge < -0.3 is 10.2 Å². The second-order valence-corrected chi connectivity index (χ2v) is 8.49. The molecule has 0 aliphatic carbocycles. The van der Waals surface area contributed by atoms with Crippen molar-refractivity contribution in [2.24, 2.45) is 0 Å². The van der Waals surface area contributed by atoms with Gasteiger partial charge in [0.2, 0.25) is 0 Å². The molecule has 0 saturated carbocycles. The van der Waals surface area contributed by atoms with Crippen LogP contribution in [0.15, 0.2) is 24.3 Å². The normalized spacial score (nSPS) is 21.0. The third kappa shape index (κ3) is 5.01. The van der Waals surface area contributed by atoms with Crippen molar-refractivity contribution in [2.75, 3.05) is 32.4 Å². The maximum absolute atomic E-state index is 3.50. The summed E-state index contributed by atoms with van der Waals surface area (Å²) < 4.78 is 0.452. The summed E-state index contributed by atoms with van der Waals surface area (Å²) in [7, 11) is 2.08. The van der Waals surface area contributed by atoms with Crippen molar-refractivity contribution in [2.45, 2.75) is 44.4 Å². The minimum atomic E-state index is 0.452. The Hall–Kier alpha value is -0.510. The molecule has 1 aromatic rings. The van der Waals surface area contributed by atoms with Gasteiger partial charge in [0.25, 0.3) is 0 Å². The van der Waals surface area contributed by atoms with E-state index >= 15 is 0 Å². The lowest BCUT2D eigenvalue weighted by Gasteiger charge is -2.25. The van der Waals surface area contributed by atoms with Crippen molar-refractivity contribution in [3.05, 3.63) is 35.4 Å². The molecule has 1 heterocycles. The van der Waals surface area contributed by atoms with Gasteiger partial charge >= 0.3 is 0 Å². The minimum absolute atomic E-state index is 0.452. The van der Waals surface area contributed by atoms with Gasteiger partial charge in [-0.3, -0.25) is 0 Å². The SMILES string of the molecule is CNC(CCN1CCSC(C)(C)CC1)c1ccccc1C. The average Bonchev–Trinajstić information content (AvgIpc) is 2.62. The zero-order valence-corrected chi connectivity index (χ0v) is 14.8. The van der Waals surface area contributed by atoms with E-state index in [4.69, 9.17) is 0 Å². The van der Waals surface area contributed by atoms with E-state index in [9.17, 15) is 0 Å². The predicted octanol–water partition coefficient (Wildman–Crippen LogP) is 3.86. The first-order valence-corrected chi connectivity index (χ1v) is 9.09. The van der Waals surface area contributed by atoms with Crippen molar-refractivity contribution in [3.8, 4) is 0 Å². The molecule has 1 aliphatic rings. The van der Waals surface area contributed by atoms with E-state index in [-0.39, 0.29) is 0 Å². The van der Waals surface area contributed by atoms with Crippen molar-refractivity contribution < 1.29 is 0 Å². The third-order valence-corrected chi connectivity index (χ3v) is 5.95. The van der Waals surface area contributed by atoms with E-state index in [1.807, 2.05) is 0 Å². The molecule has 0 aromatic heterocycles. The summed E-state index contributed by atoms with van der Waals surface area (Å²) in [5, 5.41) is 3.50. The Morgan fingerprint density at radius 3 is 2.76 bits per heavy atom. The third-order valence-electron chi connectivity index (χ3n) is 4.58. The Morgan fingerprint density at radius 1 is 1.29 bits per heavy atom. The van der Waals surface area contributed by atoms with Crippen LogP contribution >= 0.6 is 11.8 Å². The highest BCUT2D eigenvalue weighted by atomic mass is 32.2. The lowest BCUT2D eigenvalue weighted by atomic mass is 9.98. The Labute approximate surface area is 134 Å². The molecule has 1 N–H and O–H groups in total. The Kier molecular flexibility index (Phi) is 6.15. The number of nitrogens with one attached hydrogen (secondary N) is 1. The van der Waals surface area contributed by atoms with Gasteiger partial charge in [-0.2, -0.15) is 11.8 Å². The van der Waals surface area contributed by atoms with Crippen LogP contribution in [0.25, 0.3) is 0 Å². The van der Waals surface area contributed by atoms with Gasteiger partial charge in [0.05, 0.1) is 0 Å². The smallest absolute Gasteiger partial charge is 0.0332 e. The highest BCUT2D eigenvalue weighted by Crippen LogP contribution is 2.31. The number of hydrogen-bond acceptors (Lipinski definition) is 3. The molecule has 1 saturated heterocycles. The largest absolute Gasteiger partial charge is 0.313 e. The summed E-state index contributed by atoms with van der Waals surface area (Å²) in [4.78, 5) is 2.64. The summed E-state index contributed by atoms with van der Waals surface area (Å²) >= 11 is 2.13. The lowest BCUT2D eigenvalue weighted by molar-refractivity contribution is 0.268. The minimum Gasteiger partial charge on any atom is -0.313 e. The van der Waals surface area contributed by atoms with Crippen LogP contribution in [-0.4, -0.2) is 42.1 Å². The van der Waals surface area contributed by atoms with Crippen LogP contribution in [0, 0.1) is 6.92 Å². The van der Waals surface area contributed by atoms with Crippen LogP contribution in [0.2, 0.25) is 0 Å². The van der Waals surface area contributed by atoms with Gasteiger partial charge in [0.1, 0.15) is 0 Å². The second kappa shape index (κ2) is 7.66. The number of hydrogen-bond donors (Lipinski definition) is 1. The van der Waals surface area contributed by atoms with Crippen LogP contribution in [0.4, 0.5) is 0 Å². The molecule has 0 bridgehead atoms. The van der Waals surface area contributed by atoms with E-state index in [2.05, 4.69) is 74.1 Å². The molecule has 1 aromatic carbocycles. The van der Waals surface area contributed by atoms with Crippen LogP contribution in [0.3, 0.4) is 0 Å². The van der Waals surface area contributed by atoms with Gasteiger partial charge in [0.15, 0.2) is 0 Å². The first-order chi connectivity index (χ1) is 10.0. The fourth-order valence-corrected chi connectivity index (χ4v) is 4.17. The van der Waals surface area contributed by atoms with E-state index in [1.54, 1.807) is 0 Å². The predicted molar refractivity (Wildman–Crippen MR) is 95.2 cm³/mol. The molecule has 1 fully saturated rings. The molecule has 21 heavy (non-hydrogen) atoms. The molecule has 0 radical (unpaired) electrons. The van der Waals surface area contributed by atoms with E-state index in [0.29, 0.717) is 10.8 Å². The van der Waals surface area contributed by atoms with Gasteiger partial charge in [-0.15, -0.1) is 0 Å². The number of rotatable bonds is 5. The number of aryl methyl sites for hydroxylation is 1. The second-order valence-electron chi connectivity index (χ2n) is 6.69. The first-order valence-electron chi connectivity index (χ1n) is 8.11. The topological polar surface area (TPSA) is 15.3 Å². The van der Waals surface area contributed by atoms with Gasteiger partial charge in [-0.05, 0) is 51.0 Å². The van der Waals surface area contributed by atoms with Crippen LogP contribution in [-0.2, 0) is 0 Å². The number of benzene rings is 1. The molecular weight excluding hydrogens is 276 g/mol. The molecule has 1 atom stereocenters. The summed E-state index contributed by atoms with van der Waals surface area (Å²) in [5.41, 5.74) is 2.84. The monoisotopic (exact) mass is 306 g/mol. The van der Waals surface area contributed by atoms with Gasteiger partial charge in [-0.25, -0.2) is 0 Å². The van der Waals surface area contributed by atoms with Crippen LogP contribution in [0.1, 0.15) is 43.9 Å². The van der Waals surface area contributed by atoms with Crippen LogP contribution in [0.5, 0.6) is 0 Å². The maximum Gasteiger partial charge on any atom is 0.0332 e. The van der Waals surface area contributed by atoms with Crippen molar-refractivity contribution in [3.63, 3.8) is 0 Å². The zero-order chi connectivity index (χ0) is 15.3. The molecule has 2 nitrogen and oxygen atoms in total. The van der Waals surface area contributed by atoms with Crippen LogP contribution < -0.4 is 5.32 Å². The fourth-order valence-electron chi connectivity index (χ4n) is 3.03. The van der Waals surface area contributed by atoms with E-state index in [0.717, 1.165) is 0 Å². The molecule has 0 amide bonds. The van der Waals surface area contributed by atoms with E-state index in [1.165, 1.54) is 49.4 Å². The molecule has 1 unspecified atom stereocenters. The maximum atomic E-state index is 3.50. The Morgan fingerprint density at radius 2 is 2.05 bits per heavy atom. The quantitative estimate of drug-likeness (QED) is 0.889. The zero-order valence-electron chi connectivity index (χ0n) is 14.0. The van der Waals surface area contributed by atoms with Gasteiger partial charge in [0, 0.05) is 23.1 Å². The summed E-state index contributed by atoms with van der Waals surface area (Å²) in [6.07, 6.45) is 2.48. The Bertz CT molecular complexity index is 445. The fraction of sp³-hybridized carbons (Fsp3) is 0.667. The van der Waals surface area contributed by atoms with Crippen molar-refractivity contribution in [1.29, 1.82) is 0 Å². The number of thioether (sulfide) groups is 1. The van der Waals surface area contributed by atoms with Crippen molar-refractivity contribution >= 4 is 11.8 Å². The molecule has 1 aliphatic heterocycles. The summed E-state index contributed by atoms with van der Waals surface area (Å²) in [5.74, 6) is 1.27. The lowest BCUT2D eigenvalue weighted by Crippen LogP contribution is -2.31. The van der Waals surface area contributed by atoms with Gasteiger partial charge in [-0.1, -0.05) is 38.1 Å². The molecule has 2 rings (SSSR count).